The zero-order valence-electron chi connectivity index (χ0n) is 12.6. The number of hydrogen-bond acceptors (Lipinski definition) is 6. The lowest BCUT2D eigenvalue weighted by Crippen LogP contribution is -2.37. The van der Waals surface area contributed by atoms with Crippen molar-refractivity contribution in [2.75, 3.05) is 45.3 Å². The number of methoxy groups -OCH3 is 1. The van der Waals surface area contributed by atoms with E-state index in [1.807, 2.05) is 6.07 Å². The van der Waals surface area contributed by atoms with Gasteiger partial charge in [-0.2, -0.15) is 5.26 Å². The summed E-state index contributed by atoms with van der Waals surface area (Å²) in [7, 11) is 1.57. The van der Waals surface area contributed by atoms with Crippen LogP contribution >= 0.6 is 0 Å². The van der Waals surface area contributed by atoms with Crippen molar-refractivity contribution in [3.05, 3.63) is 16.9 Å². The molecule has 1 heterocycles. The van der Waals surface area contributed by atoms with Gasteiger partial charge in [0.05, 0.1) is 19.8 Å². The van der Waals surface area contributed by atoms with E-state index >= 15 is 0 Å². The van der Waals surface area contributed by atoms with Crippen LogP contribution in [0, 0.1) is 25.2 Å². The smallest absolute Gasteiger partial charge is 0.240 e. The van der Waals surface area contributed by atoms with E-state index in [9.17, 15) is 4.79 Å². The average Bonchev–Trinajstić information content (AvgIpc) is 2.70. The minimum Gasteiger partial charge on any atom is -0.444 e. The predicted octanol–water partition coefficient (Wildman–Crippen LogP) is 0.647. The molecule has 7 heteroatoms. The van der Waals surface area contributed by atoms with E-state index in [1.54, 1.807) is 25.9 Å². The highest BCUT2D eigenvalue weighted by atomic mass is 16.5. The maximum absolute atomic E-state index is 12.0. The maximum Gasteiger partial charge on any atom is 0.240 e. The number of aliphatic hydroxyl groups is 1. The van der Waals surface area contributed by atoms with Gasteiger partial charge in [0.15, 0.2) is 0 Å². The summed E-state index contributed by atoms with van der Waals surface area (Å²) in [6, 6.07) is 2.02. The van der Waals surface area contributed by atoms with Crippen molar-refractivity contribution in [2.45, 2.75) is 13.8 Å². The number of amides is 1. The fourth-order valence-corrected chi connectivity index (χ4v) is 1.85. The van der Waals surface area contributed by atoms with Gasteiger partial charge < -0.3 is 14.3 Å². The van der Waals surface area contributed by atoms with Crippen LogP contribution in [0.1, 0.15) is 16.9 Å². The monoisotopic (exact) mass is 295 g/mol. The van der Waals surface area contributed by atoms with Gasteiger partial charge in [-0.25, -0.2) is 0 Å². The van der Waals surface area contributed by atoms with Gasteiger partial charge in [0.2, 0.25) is 11.8 Å². The number of aliphatic hydroxyl groups excluding tert-OH is 1. The summed E-state index contributed by atoms with van der Waals surface area (Å²) in [6.07, 6.45) is 0. The van der Waals surface area contributed by atoms with Gasteiger partial charge in [-0.3, -0.25) is 15.0 Å². The largest absolute Gasteiger partial charge is 0.444 e. The second-order valence-corrected chi connectivity index (χ2v) is 4.64. The van der Waals surface area contributed by atoms with Crippen LogP contribution in [0.4, 0.5) is 5.88 Å². The molecule has 0 saturated carbocycles. The Morgan fingerprint density at radius 2 is 2.19 bits per heavy atom. The summed E-state index contributed by atoms with van der Waals surface area (Å²) >= 11 is 0. The molecule has 0 fully saturated rings. The Morgan fingerprint density at radius 3 is 2.76 bits per heavy atom. The molecule has 1 amide bonds. The van der Waals surface area contributed by atoms with Gasteiger partial charge in [-0.1, -0.05) is 0 Å². The number of hydrogen-bond donors (Lipinski definition) is 2. The zero-order chi connectivity index (χ0) is 15.8. The Hall–Kier alpha value is -1.88. The van der Waals surface area contributed by atoms with Crippen LogP contribution in [0.25, 0.3) is 0 Å². The molecule has 2 N–H and O–H groups in total. The van der Waals surface area contributed by atoms with Crippen LogP contribution in [0.3, 0.4) is 0 Å². The van der Waals surface area contributed by atoms with E-state index < -0.39 is 0 Å². The molecule has 0 atom stereocenters. The molecule has 1 rings (SSSR count). The molecule has 116 valence electrons. The lowest BCUT2D eigenvalue weighted by molar-refractivity contribution is -0.117. The number of carbonyl (C=O) groups is 1. The Kier molecular flexibility index (Phi) is 6.88. The number of nitrogens with one attached hydrogen (secondary N) is 1. The first-order valence-electron chi connectivity index (χ1n) is 6.65. The third-order valence-corrected chi connectivity index (χ3v) is 3.15. The van der Waals surface area contributed by atoms with Gasteiger partial charge in [0.1, 0.15) is 17.4 Å². The quantitative estimate of drug-likeness (QED) is 0.730. The Morgan fingerprint density at radius 1 is 1.48 bits per heavy atom. The number of ether oxygens (including phenoxy) is 1. The molecule has 0 saturated heterocycles. The molecule has 0 spiro atoms. The second kappa shape index (κ2) is 8.42. The summed E-state index contributed by atoms with van der Waals surface area (Å²) < 4.78 is 10.3. The maximum atomic E-state index is 12.0. The molecule has 0 aliphatic heterocycles. The summed E-state index contributed by atoms with van der Waals surface area (Å²) in [4.78, 5) is 13.8. The summed E-state index contributed by atoms with van der Waals surface area (Å²) in [5.41, 5.74) is 1.06. The highest BCUT2D eigenvalue weighted by Gasteiger charge is 2.18. The molecule has 0 aliphatic carbocycles. The molecule has 21 heavy (non-hydrogen) atoms. The number of aryl methyl sites for hydroxylation is 1. The SMILES string of the molecule is COCCN(CCO)CC(=O)Nc1oc(C)c(C)c1C#N. The fourth-order valence-electron chi connectivity index (χ4n) is 1.85. The second-order valence-electron chi connectivity index (χ2n) is 4.64. The van der Waals surface area contributed by atoms with Gasteiger partial charge in [0, 0.05) is 25.8 Å². The number of carbonyl (C=O) groups excluding carboxylic acids is 1. The molecule has 0 radical (unpaired) electrons. The van der Waals surface area contributed by atoms with Crippen molar-refractivity contribution in [1.29, 1.82) is 5.26 Å². The van der Waals surface area contributed by atoms with Gasteiger partial charge in [-0.15, -0.1) is 0 Å². The average molecular weight is 295 g/mol. The van der Waals surface area contributed by atoms with Crippen molar-refractivity contribution in [1.82, 2.24) is 4.90 Å². The molecular weight excluding hydrogens is 274 g/mol. The van der Waals surface area contributed by atoms with Crippen molar-refractivity contribution >= 4 is 11.8 Å². The standard InChI is InChI=1S/C14H21N3O4/c1-10-11(2)21-14(12(10)8-15)16-13(19)9-17(4-6-18)5-7-20-3/h18H,4-7,9H2,1-3H3,(H,16,19). The van der Waals surface area contributed by atoms with Crippen LogP contribution in [0.15, 0.2) is 4.42 Å². The minimum atomic E-state index is -0.301. The number of rotatable bonds is 8. The van der Waals surface area contributed by atoms with E-state index in [0.717, 1.165) is 5.56 Å². The van der Waals surface area contributed by atoms with Crippen molar-refractivity contribution < 1.29 is 19.1 Å². The van der Waals surface area contributed by atoms with Crippen LogP contribution in [-0.4, -0.2) is 55.9 Å². The van der Waals surface area contributed by atoms with E-state index in [-0.39, 0.29) is 24.9 Å². The highest BCUT2D eigenvalue weighted by molar-refractivity contribution is 5.92. The molecule has 0 bridgehead atoms. The van der Waals surface area contributed by atoms with Gasteiger partial charge >= 0.3 is 0 Å². The number of nitriles is 1. The Bertz CT molecular complexity index is 519. The zero-order valence-corrected chi connectivity index (χ0v) is 12.6. The molecular formula is C14H21N3O4. The van der Waals surface area contributed by atoms with E-state index in [1.165, 1.54) is 0 Å². The van der Waals surface area contributed by atoms with Gasteiger partial charge in [-0.05, 0) is 13.8 Å². The summed E-state index contributed by atoms with van der Waals surface area (Å²) in [5.74, 6) is 0.478. The normalized spacial score (nSPS) is 10.7. The van der Waals surface area contributed by atoms with Crippen molar-refractivity contribution in [3.8, 4) is 6.07 Å². The third-order valence-electron chi connectivity index (χ3n) is 3.15. The van der Waals surface area contributed by atoms with Crippen LogP contribution < -0.4 is 5.32 Å². The van der Waals surface area contributed by atoms with E-state index in [4.69, 9.17) is 19.5 Å². The van der Waals surface area contributed by atoms with Crippen LogP contribution in [0.5, 0.6) is 0 Å². The molecule has 1 aromatic heterocycles. The first-order chi connectivity index (χ1) is 10.0. The Balaban J connectivity index is 2.68. The minimum absolute atomic E-state index is 0.0423. The lowest BCUT2D eigenvalue weighted by Gasteiger charge is -2.19. The first-order valence-corrected chi connectivity index (χ1v) is 6.65. The molecule has 0 aromatic carbocycles. The molecule has 7 nitrogen and oxygen atoms in total. The van der Waals surface area contributed by atoms with E-state index in [0.29, 0.717) is 31.0 Å². The summed E-state index contributed by atoms with van der Waals surface area (Å²) in [6.45, 7) is 4.93. The number of anilines is 1. The fraction of sp³-hybridized carbons (Fsp3) is 0.571. The lowest BCUT2D eigenvalue weighted by atomic mass is 10.2. The number of furan rings is 1. The molecule has 1 aromatic rings. The topological polar surface area (TPSA) is 98.7 Å². The van der Waals surface area contributed by atoms with Crippen LogP contribution in [0.2, 0.25) is 0 Å². The van der Waals surface area contributed by atoms with Crippen molar-refractivity contribution in [2.24, 2.45) is 0 Å². The van der Waals surface area contributed by atoms with Crippen molar-refractivity contribution in [3.63, 3.8) is 0 Å². The summed E-state index contributed by atoms with van der Waals surface area (Å²) in [5, 5.41) is 20.7. The van der Waals surface area contributed by atoms with Crippen LogP contribution in [-0.2, 0) is 9.53 Å². The van der Waals surface area contributed by atoms with E-state index in [2.05, 4.69) is 5.32 Å². The first kappa shape index (κ1) is 17.2. The number of nitrogens with zero attached hydrogens (tertiary/aromatic N) is 2. The highest BCUT2D eigenvalue weighted by Crippen LogP contribution is 2.25. The predicted molar refractivity (Wildman–Crippen MR) is 76.9 cm³/mol. The third kappa shape index (κ3) is 4.86. The Labute approximate surface area is 124 Å². The van der Waals surface area contributed by atoms with Gasteiger partial charge in [0.25, 0.3) is 0 Å². The molecule has 0 aliphatic rings. The molecule has 0 unspecified atom stereocenters.